The van der Waals surface area contributed by atoms with Crippen LogP contribution >= 0.6 is 0 Å². The SMILES string of the molecule is CN(C)CC(NN)c1cnnn1C. The number of likely N-dealkylation sites (N-methyl/N-ethyl adjacent to an activating group) is 1. The number of nitrogens with one attached hydrogen (secondary N) is 1. The van der Waals surface area contributed by atoms with Crippen molar-refractivity contribution in [1.29, 1.82) is 0 Å². The Morgan fingerprint density at radius 1 is 1.69 bits per heavy atom. The summed E-state index contributed by atoms with van der Waals surface area (Å²) in [5, 5.41) is 7.64. The van der Waals surface area contributed by atoms with Gasteiger partial charge < -0.3 is 4.90 Å². The molecular formula is C7H16N6. The standard InChI is InChI=1S/C7H16N6/c1-12(2)5-6(10-8)7-4-9-11-13(7)3/h4,6,10H,5,8H2,1-3H3. The lowest BCUT2D eigenvalue weighted by atomic mass is 10.2. The molecule has 0 spiro atoms. The van der Waals surface area contributed by atoms with Crippen LogP contribution in [0.15, 0.2) is 6.20 Å². The van der Waals surface area contributed by atoms with Gasteiger partial charge in [0.25, 0.3) is 0 Å². The molecule has 1 aromatic rings. The normalized spacial score (nSPS) is 13.6. The fraction of sp³-hybridized carbons (Fsp3) is 0.714. The number of aromatic nitrogens is 3. The van der Waals surface area contributed by atoms with Gasteiger partial charge in [-0.15, -0.1) is 5.10 Å². The van der Waals surface area contributed by atoms with Crippen LogP contribution in [0.3, 0.4) is 0 Å². The zero-order chi connectivity index (χ0) is 9.84. The molecule has 0 aliphatic rings. The largest absolute Gasteiger partial charge is 0.307 e. The molecule has 6 nitrogen and oxygen atoms in total. The maximum Gasteiger partial charge on any atom is 0.0779 e. The molecule has 1 aromatic heterocycles. The van der Waals surface area contributed by atoms with Gasteiger partial charge in [-0.25, -0.2) is 0 Å². The van der Waals surface area contributed by atoms with Gasteiger partial charge in [0.2, 0.25) is 0 Å². The van der Waals surface area contributed by atoms with Crippen LogP contribution in [0.2, 0.25) is 0 Å². The number of nitrogens with zero attached hydrogens (tertiary/aromatic N) is 4. The average Bonchev–Trinajstić information content (AvgIpc) is 2.47. The first-order valence-electron chi connectivity index (χ1n) is 4.10. The Morgan fingerprint density at radius 3 is 2.77 bits per heavy atom. The second-order valence-corrected chi connectivity index (χ2v) is 3.26. The van der Waals surface area contributed by atoms with Crippen molar-refractivity contribution in [2.75, 3.05) is 20.6 Å². The molecule has 1 atom stereocenters. The molecule has 0 saturated heterocycles. The van der Waals surface area contributed by atoms with Crippen LogP contribution in [0, 0.1) is 0 Å². The van der Waals surface area contributed by atoms with E-state index in [1.54, 1.807) is 10.9 Å². The van der Waals surface area contributed by atoms with Crippen molar-refractivity contribution >= 4 is 0 Å². The van der Waals surface area contributed by atoms with E-state index in [4.69, 9.17) is 5.84 Å². The molecule has 0 amide bonds. The number of hydrogen-bond acceptors (Lipinski definition) is 5. The van der Waals surface area contributed by atoms with E-state index in [0.29, 0.717) is 0 Å². The summed E-state index contributed by atoms with van der Waals surface area (Å²) < 4.78 is 1.72. The van der Waals surface area contributed by atoms with Gasteiger partial charge in [-0.2, -0.15) is 0 Å². The summed E-state index contributed by atoms with van der Waals surface area (Å²) in [4.78, 5) is 2.05. The number of rotatable bonds is 4. The zero-order valence-electron chi connectivity index (χ0n) is 8.23. The second-order valence-electron chi connectivity index (χ2n) is 3.26. The lowest BCUT2D eigenvalue weighted by Crippen LogP contribution is -2.36. The lowest BCUT2D eigenvalue weighted by molar-refractivity contribution is 0.335. The maximum atomic E-state index is 5.44. The molecule has 6 heteroatoms. The fourth-order valence-electron chi connectivity index (χ4n) is 1.21. The molecule has 1 rings (SSSR count). The van der Waals surface area contributed by atoms with Crippen LogP contribution in [0.5, 0.6) is 0 Å². The van der Waals surface area contributed by atoms with Crippen molar-refractivity contribution in [3.05, 3.63) is 11.9 Å². The van der Waals surface area contributed by atoms with E-state index in [1.807, 2.05) is 21.1 Å². The summed E-state index contributed by atoms with van der Waals surface area (Å²) in [5.41, 5.74) is 3.72. The number of hydrogen-bond donors (Lipinski definition) is 2. The van der Waals surface area contributed by atoms with Gasteiger partial charge in [0, 0.05) is 13.6 Å². The molecule has 13 heavy (non-hydrogen) atoms. The summed E-state index contributed by atoms with van der Waals surface area (Å²) in [7, 11) is 5.84. The second kappa shape index (κ2) is 4.31. The van der Waals surface area contributed by atoms with Crippen LogP contribution in [-0.4, -0.2) is 40.5 Å². The third-order valence-electron chi connectivity index (χ3n) is 1.86. The number of aryl methyl sites for hydroxylation is 1. The highest BCUT2D eigenvalue weighted by Gasteiger charge is 2.14. The highest BCUT2D eigenvalue weighted by atomic mass is 15.4. The molecule has 0 aliphatic carbocycles. The van der Waals surface area contributed by atoms with E-state index >= 15 is 0 Å². The van der Waals surface area contributed by atoms with Gasteiger partial charge in [0.15, 0.2) is 0 Å². The molecule has 0 radical (unpaired) electrons. The van der Waals surface area contributed by atoms with Crippen molar-refractivity contribution < 1.29 is 0 Å². The zero-order valence-corrected chi connectivity index (χ0v) is 8.23. The first-order chi connectivity index (χ1) is 6.15. The van der Waals surface area contributed by atoms with E-state index in [2.05, 4.69) is 20.6 Å². The molecule has 0 bridgehead atoms. The van der Waals surface area contributed by atoms with Crippen molar-refractivity contribution in [2.45, 2.75) is 6.04 Å². The van der Waals surface area contributed by atoms with Crippen LogP contribution in [0.1, 0.15) is 11.7 Å². The topological polar surface area (TPSA) is 72.0 Å². The van der Waals surface area contributed by atoms with Crippen molar-refractivity contribution in [1.82, 2.24) is 25.3 Å². The van der Waals surface area contributed by atoms with Crippen LogP contribution in [0.25, 0.3) is 0 Å². The van der Waals surface area contributed by atoms with Crippen molar-refractivity contribution in [3.8, 4) is 0 Å². The first kappa shape index (κ1) is 10.1. The number of hydrazine groups is 1. The van der Waals surface area contributed by atoms with Crippen molar-refractivity contribution in [3.63, 3.8) is 0 Å². The molecule has 0 aromatic carbocycles. The fourth-order valence-corrected chi connectivity index (χ4v) is 1.21. The predicted molar refractivity (Wildman–Crippen MR) is 49.6 cm³/mol. The Morgan fingerprint density at radius 2 is 2.38 bits per heavy atom. The van der Waals surface area contributed by atoms with Gasteiger partial charge in [-0.3, -0.25) is 16.0 Å². The highest BCUT2D eigenvalue weighted by molar-refractivity contribution is 5.01. The quantitative estimate of drug-likeness (QED) is 0.458. The Labute approximate surface area is 77.7 Å². The minimum absolute atomic E-state index is 0.0648. The van der Waals surface area contributed by atoms with Gasteiger partial charge in [0.1, 0.15) is 0 Å². The van der Waals surface area contributed by atoms with Gasteiger partial charge >= 0.3 is 0 Å². The molecule has 1 heterocycles. The molecule has 0 fully saturated rings. The monoisotopic (exact) mass is 184 g/mol. The minimum atomic E-state index is 0.0648. The molecule has 1 unspecified atom stereocenters. The minimum Gasteiger partial charge on any atom is -0.307 e. The van der Waals surface area contributed by atoms with Crippen LogP contribution < -0.4 is 11.3 Å². The summed E-state index contributed by atoms with van der Waals surface area (Å²) in [5.74, 6) is 5.44. The third kappa shape index (κ3) is 2.48. The summed E-state index contributed by atoms with van der Waals surface area (Å²) in [6.07, 6.45) is 1.72. The lowest BCUT2D eigenvalue weighted by Gasteiger charge is -2.19. The third-order valence-corrected chi connectivity index (χ3v) is 1.86. The Balaban J connectivity index is 2.72. The van der Waals surface area contributed by atoms with Crippen molar-refractivity contribution in [2.24, 2.45) is 12.9 Å². The smallest absolute Gasteiger partial charge is 0.0779 e. The molecule has 74 valence electrons. The highest BCUT2D eigenvalue weighted by Crippen LogP contribution is 2.09. The van der Waals surface area contributed by atoms with E-state index in [9.17, 15) is 0 Å². The molecule has 0 aliphatic heterocycles. The number of nitrogens with two attached hydrogens (primary N) is 1. The van der Waals surface area contributed by atoms with Gasteiger partial charge in [0.05, 0.1) is 17.9 Å². The summed E-state index contributed by atoms with van der Waals surface area (Å²) in [6, 6.07) is 0.0648. The molecule has 3 N–H and O–H groups in total. The Kier molecular flexibility index (Phi) is 3.35. The maximum absolute atomic E-state index is 5.44. The van der Waals surface area contributed by atoms with E-state index in [1.165, 1.54) is 0 Å². The van der Waals surface area contributed by atoms with Gasteiger partial charge in [-0.1, -0.05) is 5.21 Å². The average molecular weight is 184 g/mol. The van der Waals surface area contributed by atoms with Crippen LogP contribution in [0.4, 0.5) is 0 Å². The molecule has 0 saturated carbocycles. The van der Waals surface area contributed by atoms with Crippen LogP contribution in [-0.2, 0) is 7.05 Å². The van der Waals surface area contributed by atoms with Gasteiger partial charge in [-0.05, 0) is 14.1 Å². The Hall–Kier alpha value is -0.980. The Bertz CT molecular complexity index is 255. The van der Waals surface area contributed by atoms with E-state index in [-0.39, 0.29) is 6.04 Å². The first-order valence-corrected chi connectivity index (χ1v) is 4.10. The summed E-state index contributed by atoms with van der Waals surface area (Å²) in [6.45, 7) is 0.817. The van der Waals surface area contributed by atoms with E-state index < -0.39 is 0 Å². The van der Waals surface area contributed by atoms with E-state index in [0.717, 1.165) is 12.2 Å². The summed E-state index contributed by atoms with van der Waals surface area (Å²) >= 11 is 0. The predicted octanol–water partition coefficient (Wildman–Crippen LogP) is -1.12. The molecular weight excluding hydrogens is 168 g/mol.